The summed E-state index contributed by atoms with van der Waals surface area (Å²) in [7, 11) is 0. The Bertz CT molecular complexity index is 376. The van der Waals surface area contributed by atoms with Crippen LogP contribution in [0.4, 0.5) is 4.79 Å². The maximum Gasteiger partial charge on any atom is 0.407 e. The Morgan fingerprint density at radius 1 is 1.18 bits per heavy atom. The fourth-order valence-corrected chi connectivity index (χ4v) is 3.62. The average Bonchev–Trinajstić information content (AvgIpc) is 3.03. The normalized spacial score (nSPS) is 31.9. The second kappa shape index (κ2) is 7.20. The Kier molecular flexibility index (Phi) is 5.76. The summed E-state index contributed by atoms with van der Waals surface area (Å²) in [6, 6.07) is 1.32. The summed E-state index contributed by atoms with van der Waals surface area (Å²) in [5.74, 6) is 1.67. The summed E-state index contributed by atoms with van der Waals surface area (Å²) in [6.45, 7) is 10.3. The molecule has 0 radical (unpaired) electrons. The van der Waals surface area contributed by atoms with E-state index >= 15 is 0 Å². The number of alkyl carbamates (subject to hydrolysis) is 1. The number of nitrogens with one attached hydrogen (secondary N) is 2. The fourth-order valence-electron chi connectivity index (χ4n) is 3.62. The predicted octanol–water partition coefficient (Wildman–Crippen LogP) is 3.85. The topological polar surface area (TPSA) is 50.4 Å². The average molecular weight is 310 g/mol. The van der Waals surface area contributed by atoms with E-state index in [-0.39, 0.29) is 12.1 Å². The van der Waals surface area contributed by atoms with Crippen LogP contribution in [0.5, 0.6) is 0 Å². The molecule has 4 heteroatoms. The quantitative estimate of drug-likeness (QED) is 0.811. The minimum Gasteiger partial charge on any atom is -0.444 e. The van der Waals surface area contributed by atoms with Crippen molar-refractivity contribution in [3.05, 3.63) is 0 Å². The van der Waals surface area contributed by atoms with Crippen LogP contribution in [-0.4, -0.2) is 29.8 Å². The van der Waals surface area contributed by atoms with Crippen molar-refractivity contribution in [1.29, 1.82) is 0 Å². The Labute approximate surface area is 135 Å². The first-order valence-corrected chi connectivity index (χ1v) is 8.98. The third-order valence-corrected chi connectivity index (χ3v) is 4.53. The second-order valence-electron chi connectivity index (χ2n) is 8.62. The monoisotopic (exact) mass is 310 g/mol. The van der Waals surface area contributed by atoms with Crippen LogP contribution in [0.15, 0.2) is 0 Å². The van der Waals surface area contributed by atoms with E-state index in [4.69, 9.17) is 4.74 Å². The van der Waals surface area contributed by atoms with Crippen LogP contribution in [0.3, 0.4) is 0 Å². The van der Waals surface area contributed by atoms with Crippen molar-refractivity contribution in [3.63, 3.8) is 0 Å². The van der Waals surface area contributed by atoms with Crippen molar-refractivity contribution in [2.24, 2.45) is 11.8 Å². The van der Waals surface area contributed by atoms with Gasteiger partial charge in [0.25, 0.3) is 0 Å². The Morgan fingerprint density at radius 2 is 1.91 bits per heavy atom. The molecule has 2 fully saturated rings. The molecular formula is C18H34N2O2. The summed E-state index contributed by atoms with van der Waals surface area (Å²) in [5, 5.41) is 6.71. The van der Waals surface area contributed by atoms with E-state index in [0.717, 1.165) is 18.3 Å². The largest absolute Gasteiger partial charge is 0.444 e. The van der Waals surface area contributed by atoms with Gasteiger partial charge in [-0.3, -0.25) is 0 Å². The van der Waals surface area contributed by atoms with E-state index in [1.807, 2.05) is 20.8 Å². The molecule has 2 aliphatic rings. The lowest BCUT2D eigenvalue weighted by atomic mass is 9.81. The number of ether oxygens (including phenoxy) is 1. The third kappa shape index (κ3) is 6.15. The first kappa shape index (κ1) is 17.6. The van der Waals surface area contributed by atoms with Gasteiger partial charge in [0.15, 0.2) is 0 Å². The van der Waals surface area contributed by atoms with Gasteiger partial charge in [-0.25, -0.2) is 4.79 Å². The number of carbonyl (C=O) groups is 1. The summed E-state index contributed by atoms with van der Waals surface area (Å²) in [4.78, 5) is 11.8. The molecule has 22 heavy (non-hydrogen) atoms. The van der Waals surface area contributed by atoms with E-state index in [0.29, 0.717) is 12.1 Å². The van der Waals surface area contributed by atoms with Crippen LogP contribution in [0.1, 0.15) is 73.1 Å². The Hall–Kier alpha value is -0.770. The van der Waals surface area contributed by atoms with Gasteiger partial charge in [-0.15, -0.1) is 0 Å². The maximum absolute atomic E-state index is 11.8. The molecule has 0 heterocycles. The molecule has 0 aromatic carbocycles. The maximum atomic E-state index is 11.8. The summed E-state index contributed by atoms with van der Waals surface area (Å²) < 4.78 is 5.31. The molecule has 4 atom stereocenters. The smallest absolute Gasteiger partial charge is 0.407 e. The predicted molar refractivity (Wildman–Crippen MR) is 89.9 cm³/mol. The molecule has 128 valence electrons. The minimum atomic E-state index is -0.421. The molecule has 2 saturated carbocycles. The van der Waals surface area contributed by atoms with Crippen LogP contribution in [-0.2, 0) is 4.74 Å². The van der Waals surface area contributed by atoms with Crippen molar-refractivity contribution in [2.75, 3.05) is 0 Å². The van der Waals surface area contributed by atoms with Gasteiger partial charge in [0.2, 0.25) is 0 Å². The number of hydrogen-bond donors (Lipinski definition) is 2. The molecule has 2 aliphatic carbocycles. The van der Waals surface area contributed by atoms with Gasteiger partial charge in [-0.1, -0.05) is 26.7 Å². The molecule has 0 saturated heterocycles. The zero-order valence-corrected chi connectivity index (χ0v) is 14.9. The van der Waals surface area contributed by atoms with Crippen LogP contribution in [0, 0.1) is 11.8 Å². The number of carbonyl (C=O) groups excluding carboxylic acids is 1. The lowest BCUT2D eigenvalue weighted by Gasteiger charge is -2.31. The highest BCUT2D eigenvalue weighted by Gasteiger charge is 2.41. The lowest BCUT2D eigenvalue weighted by molar-refractivity contribution is 0.0521. The highest BCUT2D eigenvalue weighted by atomic mass is 16.6. The number of amides is 1. The zero-order valence-electron chi connectivity index (χ0n) is 14.9. The van der Waals surface area contributed by atoms with Gasteiger partial charge in [0, 0.05) is 18.1 Å². The number of rotatable bonds is 5. The van der Waals surface area contributed by atoms with Crippen molar-refractivity contribution >= 4 is 6.09 Å². The van der Waals surface area contributed by atoms with Crippen LogP contribution < -0.4 is 10.6 Å². The van der Waals surface area contributed by atoms with Gasteiger partial charge >= 0.3 is 6.09 Å². The Balaban J connectivity index is 1.67. The molecule has 0 aromatic rings. The van der Waals surface area contributed by atoms with Crippen LogP contribution in [0.2, 0.25) is 0 Å². The van der Waals surface area contributed by atoms with Gasteiger partial charge < -0.3 is 15.4 Å². The lowest BCUT2D eigenvalue weighted by Crippen LogP contribution is -2.41. The molecule has 0 aromatic heterocycles. The van der Waals surface area contributed by atoms with E-state index in [9.17, 15) is 4.79 Å². The summed E-state index contributed by atoms with van der Waals surface area (Å²) >= 11 is 0. The van der Waals surface area contributed by atoms with Gasteiger partial charge in [-0.05, 0) is 58.3 Å². The molecule has 0 bridgehead atoms. The van der Waals surface area contributed by atoms with Crippen molar-refractivity contribution < 1.29 is 9.53 Å². The summed E-state index contributed by atoms with van der Waals surface area (Å²) in [6.07, 6.45) is 7.40. The highest BCUT2D eigenvalue weighted by molar-refractivity contribution is 5.68. The zero-order chi connectivity index (χ0) is 16.3. The van der Waals surface area contributed by atoms with E-state index < -0.39 is 5.60 Å². The van der Waals surface area contributed by atoms with Crippen LogP contribution >= 0.6 is 0 Å². The SMILES string of the molecule is CC(C)CC1CCCC(NC2CC2NC(=O)OC(C)(C)C)C1. The third-order valence-electron chi connectivity index (χ3n) is 4.53. The molecule has 2 rings (SSSR count). The van der Waals surface area contributed by atoms with Crippen LogP contribution in [0.25, 0.3) is 0 Å². The first-order valence-electron chi connectivity index (χ1n) is 8.98. The summed E-state index contributed by atoms with van der Waals surface area (Å²) in [5.41, 5.74) is -0.421. The molecule has 4 unspecified atom stereocenters. The van der Waals surface area contributed by atoms with Gasteiger partial charge in [0.05, 0.1) is 0 Å². The molecular weight excluding hydrogens is 276 g/mol. The van der Waals surface area contributed by atoms with Crippen molar-refractivity contribution in [3.8, 4) is 0 Å². The van der Waals surface area contributed by atoms with Crippen molar-refractivity contribution in [2.45, 2.75) is 96.9 Å². The van der Waals surface area contributed by atoms with Gasteiger partial charge in [-0.2, -0.15) is 0 Å². The van der Waals surface area contributed by atoms with E-state index in [2.05, 4.69) is 24.5 Å². The molecule has 2 N–H and O–H groups in total. The second-order valence-corrected chi connectivity index (χ2v) is 8.62. The minimum absolute atomic E-state index is 0.250. The Morgan fingerprint density at radius 3 is 2.55 bits per heavy atom. The van der Waals surface area contributed by atoms with Crippen molar-refractivity contribution in [1.82, 2.24) is 10.6 Å². The standard InChI is InChI=1S/C18H34N2O2/c1-12(2)9-13-7-6-8-14(10-13)19-15-11-16(15)20-17(21)22-18(3,4)5/h12-16,19H,6-11H2,1-5H3,(H,20,21). The molecule has 1 amide bonds. The van der Waals surface area contributed by atoms with Gasteiger partial charge in [0.1, 0.15) is 5.60 Å². The first-order chi connectivity index (χ1) is 10.2. The molecule has 0 spiro atoms. The fraction of sp³-hybridized carbons (Fsp3) is 0.944. The van der Waals surface area contributed by atoms with E-state index in [1.165, 1.54) is 32.1 Å². The number of hydrogen-bond acceptors (Lipinski definition) is 3. The highest BCUT2D eigenvalue weighted by Crippen LogP contribution is 2.32. The molecule has 4 nitrogen and oxygen atoms in total. The molecule has 0 aliphatic heterocycles. The van der Waals surface area contributed by atoms with E-state index in [1.54, 1.807) is 0 Å².